The molecule has 16 rings (SSSR count). The van der Waals surface area contributed by atoms with Crippen LogP contribution in [0.4, 0.5) is 0 Å². The minimum Gasteiger partial charge on any atom is -0.456 e. The molecular formula is C62H31N5O3. The van der Waals surface area contributed by atoms with Gasteiger partial charge in [-0.3, -0.25) is 0 Å². The van der Waals surface area contributed by atoms with Crippen molar-refractivity contribution in [3.63, 3.8) is 0 Å². The third kappa shape index (κ3) is 4.71. The van der Waals surface area contributed by atoms with Gasteiger partial charge in [0.15, 0.2) is 0 Å². The highest BCUT2D eigenvalue weighted by atomic mass is 16.3. The van der Waals surface area contributed by atoms with Gasteiger partial charge in [-0.1, -0.05) is 109 Å². The van der Waals surface area contributed by atoms with Gasteiger partial charge in [-0.2, -0.15) is 10.5 Å². The molecule has 0 aliphatic carbocycles. The molecule has 6 aromatic heterocycles. The second-order valence-electron chi connectivity index (χ2n) is 18.2. The van der Waals surface area contributed by atoms with Crippen molar-refractivity contribution in [1.29, 1.82) is 10.5 Å². The monoisotopic (exact) mass is 893 g/mol. The van der Waals surface area contributed by atoms with Crippen molar-refractivity contribution in [2.24, 2.45) is 0 Å². The number of furan rings is 3. The van der Waals surface area contributed by atoms with Crippen LogP contribution in [0.1, 0.15) is 11.1 Å². The number of aromatic nitrogens is 3. The summed E-state index contributed by atoms with van der Waals surface area (Å²) in [5.41, 5.74) is 12.8. The smallest absolute Gasteiger partial charge is 0.136 e. The predicted octanol–water partition coefficient (Wildman–Crippen LogP) is 16.4. The quantitative estimate of drug-likeness (QED) is 0.176. The van der Waals surface area contributed by atoms with Crippen LogP contribution in [0.15, 0.2) is 201 Å². The van der Waals surface area contributed by atoms with Crippen molar-refractivity contribution in [3.05, 3.63) is 199 Å². The van der Waals surface area contributed by atoms with Crippen molar-refractivity contribution < 1.29 is 13.3 Å². The Bertz CT molecular complexity index is 4890. The van der Waals surface area contributed by atoms with Crippen molar-refractivity contribution in [1.82, 2.24) is 13.7 Å². The Hall–Kier alpha value is -10.0. The molecule has 0 N–H and O–H groups in total. The summed E-state index contributed by atoms with van der Waals surface area (Å²) in [4.78, 5) is 0. The summed E-state index contributed by atoms with van der Waals surface area (Å²) in [7, 11) is 0. The van der Waals surface area contributed by atoms with Gasteiger partial charge in [-0.15, -0.1) is 0 Å². The Morgan fingerprint density at radius 3 is 0.900 bits per heavy atom. The van der Waals surface area contributed by atoms with Gasteiger partial charge in [-0.25, -0.2) is 0 Å². The van der Waals surface area contributed by atoms with Crippen molar-refractivity contribution in [3.8, 4) is 29.2 Å². The van der Waals surface area contributed by atoms with E-state index in [2.05, 4.69) is 141 Å². The fourth-order valence-corrected chi connectivity index (χ4v) is 11.8. The van der Waals surface area contributed by atoms with Crippen molar-refractivity contribution >= 4 is 131 Å². The lowest BCUT2D eigenvalue weighted by molar-refractivity contribution is 0.669. The molecule has 0 spiro atoms. The van der Waals surface area contributed by atoms with Gasteiger partial charge in [-0.05, 0) is 78.9 Å². The van der Waals surface area contributed by atoms with Gasteiger partial charge in [0, 0.05) is 64.6 Å². The van der Waals surface area contributed by atoms with Crippen LogP contribution in [0.25, 0.3) is 148 Å². The first-order valence-electron chi connectivity index (χ1n) is 23.2. The Balaban J connectivity index is 1.17. The Morgan fingerprint density at radius 2 is 0.557 bits per heavy atom. The maximum absolute atomic E-state index is 11.7. The van der Waals surface area contributed by atoms with Gasteiger partial charge < -0.3 is 27.0 Å². The zero-order valence-corrected chi connectivity index (χ0v) is 36.9. The van der Waals surface area contributed by atoms with E-state index in [9.17, 15) is 10.5 Å². The number of nitriles is 2. The number of benzene rings is 10. The first kappa shape index (κ1) is 37.1. The molecule has 8 heteroatoms. The Labute approximate surface area is 395 Å². The second kappa shape index (κ2) is 13.3. The molecular weight excluding hydrogens is 863 g/mol. The van der Waals surface area contributed by atoms with Gasteiger partial charge in [0.05, 0.1) is 61.3 Å². The van der Waals surface area contributed by atoms with E-state index < -0.39 is 0 Å². The number of hydrogen-bond acceptors (Lipinski definition) is 5. The second-order valence-corrected chi connectivity index (χ2v) is 18.2. The molecule has 70 heavy (non-hydrogen) atoms. The van der Waals surface area contributed by atoms with Gasteiger partial charge in [0.25, 0.3) is 0 Å². The average Bonchev–Trinajstić information content (AvgIpc) is 4.25. The molecule has 0 aliphatic rings. The SMILES string of the molecule is N#Cc1cc(C#N)c(-n2c3ccccc3c3cc4oc5ccccc5c4cc32)c(-n2c3ccccc3c3cc4oc5ccccc5c4cc32)c1-n1c2ccccc2c2cc3oc4ccccc4c3cc21. The molecule has 6 heterocycles. The number of fused-ring (bicyclic) bond motifs is 18. The maximum Gasteiger partial charge on any atom is 0.136 e. The third-order valence-corrected chi connectivity index (χ3v) is 14.7. The minimum atomic E-state index is 0.347. The first-order valence-corrected chi connectivity index (χ1v) is 23.2. The van der Waals surface area contributed by atoms with Crippen LogP contribution in [0.5, 0.6) is 0 Å². The van der Waals surface area contributed by atoms with Crippen LogP contribution < -0.4 is 0 Å². The number of nitrogens with zero attached hydrogens (tertiary/aromatic N) is 5. The molecule has 0 amide bonds. The fraction of sp³-hybridized carbons (Fsp3) is 0. The topological polar surface area (TPSA) is 102 Å². The van der Waals surface area contributed by atoms with Crippen LogP contribution in [-0.4, -0.2) is 13.7 Å². The summed E-state index contributed by atoms with van der Waals surface area (Å²) in [6.07, 6.45) is 0. The fourth-order valence-electron chi connectivity index (χ4n) is 11.8. The minimum absolute atomic E-state index is 0.347. The van der Waals surface area contributed by atoms with Crippen molar-refractivity contribution in [2.75, 3.05) is 0 Å². The number of para-hydroxylation sites is 6. The van der Waals surface area contributed by atoms with E-state index in [0.717, 1.165) is 131 Å². The maximum atomic E-state index is 11.7. The molecule has 0 unspecified atom stereocenters. The van der Waals surface area contributed by atoms with E-state index in [0.29, 0.717) is 28.2 Å². The molecule has 0 saturated heterocycles. The highest BCUT2D eigenvalue weighted by Crippen LogP contribution is 2.48. The van der Waals surface area contributed by atoms with Gasteiger partial charge in [0.2, 0.25) is 0 Å². The lowest BCUT2D eigenvalue weighted by atomic mass is 10.0. The largest absolute Gasteiger partial charge is 0.456 e. The summed E-state index contributed by atoms with van der Waals surface area (Å²) in [5.74, 6) is 0. The van der Waals surface area contributed by atoms with E-state index in [1.54, 1.807) is 6.07 Å². The summed E-state index contributed by atoms with van der Waals surface area (Å²) >= 11 is 0. The molecule has 0 saturated carbocycles. The van der Waals surface area contributed by atoms with Crippen LogP contribution in [0.2, 0.25) is 0 Å². The molecule has 0 fully saturated rings. The molecule has 10 aromatic carbocycles. The lowest BCUT2D eigenvalue weighted by Crippen LogP contribution is -2.13. The molecule has 16 aromatic rings. The molecule has 322 valence electrons. The number of hydrogen-bond donors (Lipinski definition) is 0. The Morgan fingerprint density at radius 1 is 0.257 bits per heavy atom. The van der Waals surface area contributed by atoms with Gasteiger partial charge >= 0.3 is 0 Å². The molecule has 0 atom stereocenters. The zero-order valence-electron chi connectivity index (χ0n) is 36.9. The van der Waals surface area contributed by atoms with Crippen LogP contribution in [0.3, 0.4) is 0 Å². The Kier molecular flexibility index (Phi) is 7.06. The summed E-state index contributed by atoms with van der Waals surface area (Å²) in [6.45, 7) is 0. The summed E-state index contributed by atoms with van der Waals surface area (Å²) in [6, 6.07) is 69.5. The van der Waals surface area contributed by atoms with E-state index in [-0.39, 0.29) is 0 Å². The van der Waals surface area contributed by atoms with Gasteiger partial charge in [0.1, 0.15) is 45.6 Å². The van der Waals surface area contributed by atoms with E-state index in [1.807, 2.05) is 66.7 Å². The highest BCUT2D eigenvalue weighted by Gasteiger charge is 2.31. The predicted molar refractivity (Wildman–Crippen MR) is 281 cm³/mol. The standard InChI is InChI=1S/C62H31N5O3/c63-32-34-25-35(33-64)61(66-49-20-8-2-14-37(49)43-30-58-46(27-52(43)66)40-17-5-11-23-55(40)69-58)62(67-50-21-9-3-15-38(50)44-31-59-47(28-53(44)67)41-18-6-12-24-56(41)70-59)60(34)65-48-19-7-1-13-36(48)42-29-57-45(26-51(42)65)39-16-4-10-22-54(39)68-57/h1-31H. The normalized spacial score (nSPS) is 12.3. The van der Waals surface area contributed by atoms with E-state index >= 15 is 0 Å². The van der Waals surface area contributed by atoms with E-state index in [1.165, 1.54) is 0 Å². The molecule has 8 nitrogen and oxygen atoms in total. The first-order chi connectivity index (χ1) is 34.6. The van der Waals surface area contributed by atoms with Crippen LogP contribution in [0, 0.1) is 22.7 Å². The lowest BCUT2D eigenvalue weighted by Gasteiger charge is -2.24. The van der Waals surface area contributed by atoms with Crippen LogP contribution >= 0.6 is 0 Å². The third-order valence-electron chi connectivity index (χ3n) is 14.7. The highest BCUT2D eigenvalue weighted by molar-refractivity contribution is 6.21. The van der Waals surface area contributed by atoms with E-state index in [4.69, 9.17) is 13.3 Å². The molecule has 0 aliphatic heterocycles. The van der Waals surface area contributed by atoms with Crippen LogP contribution in [-0.2, 0) is 0 Å². The molecule has 0 bridgehead atoms. The number of rotatable bonds is 3. The molecule has 0 radical (unpaired) electrons. The average molecular weight is 894 g/mol. The summed E-state index contributed by atoms with van der Waals surface area (Å²) in [5, 5.41) is 35.2. The van der Waals surface area contributed by atoms with Crippen molar-refractivity contribution in [2.45, 2.75) is 0 Å². The summed E-state index contributed by atoms with van der Waals surface area (Å²) < 4.78 is 26.4. The zero-order chi connectivity index (χ0) is 45.9.